The van der Waals surface area contributed by atoms with Crippen LogP contribution in [-0.4, -0.2) is 36.6 Å². The van der Waals surface area contributed by atoms with Crippen LogP contribution in [-0.2, 0) is 24.2 Å². The first-order valence-electron chi connectivity index (χ1n) is 9.62. The van der Waals surface area contributed by atoms with E-state index >= 15 is 0 Å². The molecule has 150 valence electrons. The molecule has 0 saturated carbocycles. The van der Waals surface area contributed by atoms with Crippen molar-refractivity contribution in [2.45, 2.75) is 19.4 Å². The summed E-state index contributed by atoms with van der Waals surface area (Å²) < 4.78 is 10.7. The molecule has 1 heterocycles. The van der Waals surface area contributed by atoms with Gasteiger partial charge < -0.3 is 14.4 Å². The van der Waals surface area contributed by atoms with Crippen LogP contribution in [0, 0.1) is 0 Å². The number of aromatic nitrogens is 1. The predicted molar refractivity (Wildman–Crippen MR) is 113 cm³/mol. The van der Waals surface area contributed by atoms with Crippen molar-refractivity contribution in [1.29, 1.82) is 0 Å². The highest BCUT2D eigenvalue weighted by Gasteiger charge is 2.17. The zero-order valence-corrected chi connectivity index (χ0v) is 16.9. The number of ether oxygens (including phenoxy) is 2. The van der Waals surface area contributed by atoms with E-state index in [0.29, 0.717) is 31.0 Å². The molecule has 0 aliphatic carbocycles. The summed E-state index contributed by atoms with van der Waals surface area (Å²) in [6.45, 7) is 1.16. The smallest absolute Gasteiger partial charge is 0.227 e. The Morgan fingerprint density at radius 1 is 0.966 bits per heavy atom. The third-order valence-corrected chi connectivity index (χ3v) is 4.77. The van der Waals surface area contributed by atoms with E-state index in [1.807, 2.05) is 65.6 Å². The second kappa shape index (κ2) is 10.3. The lowest BCUT2D eigenvalue weighted by molar-refractivity contribution is -0.131. The Morgan fingerprint density at radius 2 is 1.76 bits per heavy atom. The molecule has 0 spiro atoms. The number of rotatable bonds is 9. The lowest BCUT2D eigenvalue weighted by atomic mass is 10.1. The molecule has 3 aromatic rings. The highest BCUT2D eigenvalue weighted by molar-refractivity contribution is 5.79. The lowest BCUT2D eigenvalue weighted by Crippen LogP contribution is -2.34. The van der Waals surface area contributed by atoms with Gasteiger partial charge in [0.25, 0.3) is 0 Å². The minimum absolute atomic E-state index is 0.0493. The molecule has 0 unspecified atom stereocenters. The van der Waals surface area contributed by atoms with Crippen LogP contribution in [0.15, 0.2) is 72.9 Å². The van der Waals surface area contributed by atoms with Crippen LogP contribution in [0.3, 0.4) is 0 Å². The van der Waals surface area contributed by atoms with E-state index in [1.54, 1.807) is 26.5 Å². The van der Waals surface area contributed by atoms with Crippen molar-refractivity contribution in [2.24, 2.45) is 0 Å². The van der Waals surface area contributed by atoms with E-state index < -0.39 is 0 Å². The van der Waals surface area contributed by atoms with E-state index in [0.717, 1.165) is 16.8 Å². The Morgan fingerprint density at radius 3 is 2.45 bits per heavy atom. The van der Waals surface area contributed by atoms with Gasteiger partial charge in [-0.2, -0.15) is 0 Å². The van der Waals surface area contributed by atoms with E-state index in [9.17, 15) is 4.79 Å². The van der Waals surface area contributed by atoms with Gasteiger partial charge in [-0.3, -0.25) is 9.78 Å². The Balaban J connectivity index is 1.76. The Labute approximate surface area is 171 Å². The fourth-order valence-electron chi connectivity index (χ4n) is 3.16. The van der Waals surface area contributed by atoms with Gasteiger partial charge in [-0.25, -0.2) is 0 Å². The maximum Gasteiger partial charge on any atom is 0.227 e. The average molecular weight is 390 g/mol. The highest BCUT2D eigenvalue weighted by Crippen LogP contribution is 2.25. The second-order valence-corrected chi connectivity index (χ2v) is 6.73. The molecule has 0 aliphatic heterocycles. The van der Waals surface area contributed by atoms with Crippen LogP contribution >= 0.6 is 0 Å². The SMILES string of the molecule is COc1ccc(CC(=O)N(CCc2ccccn2)Cc2ccccc2)c(OC)c1. The zero-order valence-electron chi connectivity index (χ0n) is 16.9. The Hall–Kier alpha value is -3.34. The Bertz CT molecular complexity index is 914. The second-order valence-electron chi connectivity index (χ2n) is 6.73. The molecule has 5 heteroatoms. The van der Waals surface area contributed by atoms with Crippen molar-refractivity contribution >= 4 is 5.91 Å². The first-order valence-corrected chi connectivity index (χ1v) is 9.62. The minimum Gasteiger partial charge on any atom is -0.497 e. The summed E-state index contributed by atoms with van der Waals surface area (Å²) in [7, 11) is 3.21. The van der Waals surface area contributed by atoms with Gasteiger partial charge >= 0.3 is 0 Å². The van der Waals surface area contributed by atoms with Gasteiger partial charge in [-0.05, 0) is 23.8 Å². The number of methoxy groups -OCH3 is 2. The summed E-state index contributed by atoms with van der Waals surface area (Å²) >= 11 is 0. The summed E-state index contributed by atoms with van der Waals surface area (Å²) in [5.74, 6) is 1.41. The topological polar surface area (TPSA) is 51.7 Å². The van der Waals surface area contributed by atoms with E-state index in [-0.39, 0.29) is 12.3 Å². The van der Waals surface area contributed by atoms with Crippen LogP contribution in [0.5, 0.6) is 11.5 Å². The summed E-state index contributed by atoms with van der Waals surface area (Å²) in [5, 5.41) is 0. The van der Waals surface area contributed by atoms with Crippen LogP contribution in [0.2, 0.25) is 0 Å². The number of amides is 1. The summed E-state index contributed by atoms with van der Waals surface area (Å²) in [6.07, 6.45) is 2.75. The number of hydrogen-bond acceptors (Lipinski definition) is 4. The summed E-state index contributed by atoms with van der Waals surface area (Å²) in [4.78, 5) is 19.4. The number of hydrogen-bond donors (Lipinski definition) is 0. The molecule has 3 rings (SSSR count). The van der Waals surface area contributed by atoms with Crippen molar-refractivity contribution in [3.63, 3.8) is 0 Å². The first-order chi connectivity index (χ1) is 14.2. The highest BCUT2D eigenvalue weighted by atomic mass is 16.5. The quantitative estimate of drug-likeness (QED) is 0.556. The van der Waals surface area contributed by atoms with Crippen molar-refractivity contribution in [3.8, 4) is 11.5 Å². The van der Waals surface area contributed by atoms with Gasteiger partial charge in [0, 0.05) is 43.0 Å². The van der Waals surface area contributed by atoms with Crippen LogP contribution < -0.4 is 9.47 Å². The molecule has 0 N–H and O–H groups in total. The van der Waals surface area contributed by atoms with Crippen molar-refractivity contribution < 1.29 is 14.3 Å². The zero-order chi connectivity index (χ0) is 20.5. The molecule has 0 radical (unpaired) electrons. The normalized spacial score (nSPS) is 10.4. The number of nitrogens with zero attached hydrogens (tertiary/aromatic N) is 2. The largest absolute Gasteiger partial charge is 0.497 e. The van der Waals surface area contributed by atoms with Crippen LogP contribution in [0.1, 0.15) is 16.8 Å². The lowest BCUT2D eigenvalue weighted by Gasteiger charge is -2.23. The molecule has 0 bridgehead atoms. The van der Waals surface area contributed by atoms with Crippen molar-refractivity contribution in [2.75, 3.05) is 20.8 Å². The van der Waals surface area contributed by atoms with E-state index in [1.165, 1.54) is 0 Å². The molecule has 1 amide bonds. The van der Waals surface area contributed by atoms with Gasteiger partial charge in [0.2, 0.25) is 5.91 Å². The van der Waals surface area contributed by atoms with Crippen molar-refractivity contribution in [3.05, 3.63) is 89.7 Å². The number of benzene rings is 2. The first kappa shape index (κ1) is 20.4. The van der Waals surface area contributed by atoms with Gasteiger partial charge in [-0.1, -0.05) is 42.5 Å². The maximum absolute atomic E-state index is 13.2. The van der Waals surface area contributed by atoms with Gasteiger partial charge in [0.15, 0.2) is 0 Å². The molecule has 29 heavy (non-hydrogen) atoms. The van der Waals surface area contributed by atoms with Crippen LogP contribution in [0.4, 0.5) is 0 Å². The number of carbonyl (C=O) groups excluding carboxylic acids is 1. The summed E-state index contributed by atoms with van der Waals surface area (Å²) in [6, 6.07) is 21.4. The monoisotopic (exact) mass is 390 g/mol. The molecule has 2 aromatic carbocycles. The fraction of sp³-hybridized carbons (Fsp3) is 0.250. The third kappa shape index (κ3) is 5.82. The standard InChI is InChI=1S/C24H26N2O3/c1-28-22-12-11-20(23(17-22)29-2)16-24(27)26(18-19-8-4-3-5-9-19)15-13-21-10-6-7-14-25-21/h3-12,14,17H,13,15-16,18H2,1-2H3. The predicted octanol–water partition coefficient (Wildman–Crippen LogP) is 3.91. The molecule has 0 fully saturated rings. The van der Waals surface area contributed by atoms with Crippen LogP contribution in [0.25, 0.3) is 0 Å². The molecule has 1 aromatic heterocycles. The van der Waals surface area contributed by atoms with Crippen molar-refractivity contribution in [1.82, 2.24) is 9.88 Å². The van der Waals surface area contributed by atoms with E-state index in [4.69, 9.17) is 9.47 Å². The van der Waals surface area contributed by atoms with Gasteiger partial charge in [0.05, 0.1) is 20.6 Å². The average Bonchev–Trinajstić information content (AvgIpc) is 2.78. The molecule has 5 nitrogen and oxygen atoms in total. The fourth-order valence-corrected chi connectivity index (χ4v) is 3.16. The molecular formula is C24H26N2O3. The van der Waals surface area contributed by atoms with Gasteiger partial charge in [-0.15, -0.1) is 0 Å². The molecule has 0 saturated heterocycles. The molecular weight excluding hydrogens is 364 g/mol. The number of pyridine rings is 1. The molecule has 0 atom stereocenters. The summed E-state index contributed by atoms with van der Waals surface area (Å²) in [5.41, 5.74) is 2.91. The maximum atomic E-state index is 13.2. The molecule has 0 aliphatic rings. The third-order valence-electron chi connectivity index (χ3n) is 4.77. The minimum atomic E-state index is 0.0493. The van der Waals surface area contributed by atoms with E-state index in [2.05, 4.69) is 4.98 Å². The Kier molecular flexibility index (Phi) is 7.22. The van der Waals surface area contributed by atoms with Gasteiger partial charge in [0.1, 0.15) is 11.5 Å². The number of carbonyl (C=O) groups is 1.